The van der Waals surface area contributed by atoms with Crippen molar-refractivity contribution in [1.29, 1.82) is 0 Å². The standard InChI is InChI=1S/C18H23N3O3S.ClH/c1-15-7-9-16(10-8-15)21(14-11-18(22)20-13-12-19)25(23,24)17-5-3-2-4-6-17;/h2-10H,11-14,19H2,1H3,(H,20,22);1H. The van der Waals surface area contributed by atoms with E-state index in [0.717, 1.165) is 5.56 Å². The molecule has 0 saturated heterocycles. The lowest BCUT2D eigenvalue weighted by molar-refractivity contribution is -0.120. The Morgan fingerprint density at radius 2 is 1.69 bits per heavy atom. The van der Waals surface area contributed by atoms with Gasteiger partial charge in [0.15, 0.2) is 0 Å². The first-order valence-corrected chi connectivity index (χ1v) is 9.50. The molecule has 0 heterocycles. The van der Waals surface area contributed by atoms with Crippen LogP contribution in [0.5, 0.6) is 0 Å². The third-order valence-corrected chi connectivity index (χ3v) is 5.50. The Hall–Kier alpha value is -2.09. The van der Waals surface area contributed by atoms with Crippen molar-refractivity contribution in [2.24, 2.45) is 5.73 Å². The van der Waals surface area contributed by atoms with Crippen molar-refractivity contribution in [2.75, 3.05) is 23.9 Å². The highest BCUT2D eigenvalue weighted by Crippen LogP contribution is 2.24. The molecule has 0 atom stereocenters. The Morgan fingerprint density at radius 1 is 1.08 bits per heavy atom. The SMILES string of the molecule is Cc1ccc(N(CCC(=O)NCCN)S(=O)(=O)c2ccccc2)cc1.Cl. The summed E-state index contributed by atoms with van der Waals surface area (Å²) in [7, 11) is -3.75. The number of hydrogen-bond donors (Lipinski definition) is 2. The molecule has 142 valence electrons. The Morgan fingerprint density at radius 3 is 2.27 bits per heavy atom. The van der Waals surface area contributed by atoms with Crippen LogP contribution in [0.3, 0.4) is 0 Å². The number of aryl methyl sites for hydroxylation is 1. The summed E-state index contributed by atoms with van der Waals surface area (Å²) in [5.74, 6) is -0.231. The lowest BCUT2D eigenvalue weighted by Crippen LogP contribution is -2.36. The van der Waals surface area contributed by atoms with Gasteiger partial charge < -0.3 is 11.1 Å². The third kappa shape index (κ3) is 5.72. The highest BCUT2D eigenvalue weighted by atomic mass is 35.5. The molecule has 0 aliphatic carbocycles. The molecule has 0 aliphatic rings. The summed E-state index contributed by atoms with van der Waals surface area (Å²) in [6.07, 6.45) is 0.0555. The minimum Gasteiger partial charge on any atom is -0.355 e. The quantitative estimate of drug-likeness (QED) is 0.713. The number of nitrogens with one attached hydrogen (secondary N) is 1. The Bertz CT molecular complexity index is 796. The molecule has 2 aromatic carbocycles. The summed E-state index contributed by atoms with van der Waals surface area (Å²) in [5.41, 5.74) is 6.92. The summed E-state index contributed by atoms with van der Waals surface area (Å²) in [6, 6.07) is 15.4. The lowest BCUT2D eigenvalue weighted by Gasteiger charge is -2.24. The number of carbonyl (C=O) groups excluding carboxylic acids is 1. The van der Waals surface area contributed by atoms with Crippen LogP contribution in [0.4, 0.5) is 5.69 Å². The van der Waals surface area contributed by atoms with Crippen LogP contribution in [0.25, 0.3) is 0 Å². The molecule has 8 heteroatoms. The maximum atomic E-state index is 13.0. The van der Waals surface area contributed by atoms with Gasteiger partial charge in [0.25, 0.3) is 10.0 Å². The maximum absolute atomic E-state index is 13.0. The fraction of sp³-hybridized carbons (Fsp3) is 0.278. The van der Waals surface area contributed by atoms with Crippen molar-refractivity contribution in [3.63, 3.8) is 0 Å². The van der Waals surface area contributed by atoms with Crippen molar-refractivity contribution in [2.45, 2.75) is 18.2 Å². The van der Waals surface area contributed by atoms with Crippen LogP contribution in [-0.4, -0.2) is 34.0 Å². The Balaban J connectivity index is 0.00000338. The van der Waals surface area contributed by atoms with E-state index < -0.39 is 10.0 Å². The van der Waals surface area contributed by atoms with E-state index in [0.29, 0.717) is 18.8 Å². The largest absolute Gasteiger partial charge is 0.355 e. The first kappa shape index (κ1) is 22.0. The Kier molecular flexibility index (Phi) is 8.57. The lowest BCUT2D eigenvalue weighted by atomic mass is 10.2. The van der Waals surface area contributed by atoms with Crippen LogP contribution < -0.4 is 15.4 Å². The first-order chi connectivity index (χ1) is 11.9. The minimum atomic E-state index is -3.75. The zero-order valence-electron chi connectivity index (χ0n) is 14.6. The van der Waals surface area contributed by atoms with E-state index in [4.69, 9.17) is 5.73 Å². The molecule has 1 amide bonds. The van der Waals surface area contributed by atoms with E-state index in [2.05, 4.69) is 5.32 Å². The van der Waals surface area contributed by atoms with Gasteiger partial charge in [-0.05, 0) is 31.2 Å². The van der Waals surface area contributed by atoms with Crippen LogP contribution in [0, 0.1) is 6.92 Å². The molecule has 0 aromatic heterocycles. The van der Waals surface area contributed by atoms with Gasteiger partial charge in [0, 0.05) is 26.1 Å². The monoisotopic (exact) mass is 397 g/mol. The first-order valence-electron chi connectivity index (χ1n) is 8.06. The van der Waals surface area contributed by atoms with Gasteiger partial charge in [0.2, 0.25) is 5.91 Å². The number of sulfonamides is 1. The van der Waals surface area contributed by atoms with Gasteiger partial charge in [-0.2, -0.15) is 0 Å². The highest BCUT2D eigenvalue weighted by molar-refractivity contribution is 7.92. The molecule has 0 bridgehead atoms. The summed E-state index contributed by atoms with van der Waals surface area (Å²) in [5, 5.41) is 2.65. The highest BCUT2D eigenvalue weighted by Gasteiger charge is 2.25. The van der Waals surface area contributed by atoms with E-state index in [1.807, 2.05) is 19.1 Å². The number of halogens is 1. The Labute approximate surface area is 160 Å². The molecule has 3 N–H and O–H groups in total. The van der Waals surface area contributed by atoms with Gasteiger partial charge in [0.05, 0.1) is 10.6 Å². The van der Waals surface area contributed by atoms with Gasteiger partial charge >= 0.3 is 0 Å². The molecule has 0 radical (unpaired) electrons. The molecule has 2 aromatic rings. The zero-order valence-corrected chi connectivity index (χ0v) is 16.2. The summed E-state index contributed by atoms with van der Waals surface area (Å²) in [6.45, 7) is 2.70. The van der Waals surface area contributed by atoms with Gasteiger partial charge in [-0.25, -0.2) is 8.42 Å². The van der Waals surface area contributed by atoms with Gasteiger partial charge in [0.1, 0.15) is 0 Å². The summed E-state index contributed by atoms with van der Waals surface area (Å²) >= 11 is 0. The van der Waals surface area contributed by atoms with Crippen molar-refractivity contribution in [3.05, 3.63) is 60.2 Å². The molecule has 6 nitrogen and oxygen atoms in total. The molecule has 0 unspecified atom stereocenters. The van der Waals surface area contributed by atoms with Crippen LogP contribution in [0.2, 0.25) is 0 Å². The normalized spacial score (nSPS) is 10.7. The van der Waals surface area contributed by atoms with Crippen molar-refractivity contribution >= 4 is 34.0 Å². The minimum absolute atomic E-state index is 0. The molecular formula is C18H24ClN3O3S. The fourth-order valence-corrected chi connectivity index (χ4v) is 3.81. The van der Waals surface area contributed by atoms with Gasteiger partial charge in [-0.15, -0.1) is 12.4 Å². The molecule has 0 fully saturated rings. The predicted molar refractivity (Wildman–Crippen MR) is 106 cm³/mol. The van der Waals surface area contributed by atoms with Crippen LogP contribution in [0.1, 0.15) is 12.0 Å². The molecule has 26 heavy (non-hydrogen) atoms. The zero-order chi connectivity index (χ0) is 18.3. The van der Waals surface area contributed by atoms with E-state index in [-0.39, 0.29) is 36.2 Å². The number of benzene rings is 2. The third-order valence-electron chi connectivity index (χ3n) is 3.66. The smallest absolute Gasteiger partial charge is 0.264 e. The second kappa shape index (κ2) is 10.2. The van der Waals surface area contributed by atoms with E-state index >= 15 is 0 Å². The van der Waals surface area contributed by atoms with Gasteiger partial charge in [-0.1, -0.05) is 35.9 Å². The molecular weight excluding hydrogens is 374 g/mol. The number of nitrogens with zero attached hydrogens (tertiary/aromatic N) is 1. The molecule has 2 rings (SSSR count). The van der Waals surface area contributed by atoms with Crippen LogP contribution in [0.15, 0.2) is 59.5 Å². The number of amides is 1. The number of carbonyl (C=O) groups is 1. The maximum Gasteiger partial charge on any atom is 0.264 e. The number of anilines is 1. The number of rotatable bonds is 8. The fourth-order valence-electron chi connectivity index (χ4n) is 2.32. The summed E-state index contributed by atoms with van der Waals surface area (Å²) in [4.78, 5) is 12.1. The topological polar surface area (TPSA) is 92.5 Å². The molecule has 0 aliphatic heterocycles. The van der Waals surface area contributed by atoms with Crippen molar-refractivity contribution < 1.29 is 13.2 Å². The average molecular weight is 398 g/mol. The van der Waals surface area contributed by atoms with E-state index in [1.54, 1.807) is 42.5 Å². The average Bonchev–Trinajstić information content (AvgIpc) is 2.62. The van der Waals surface area contributed by atoms with Gasteiger partial charge in [-0.3, -0.25) is 9.10 Å². The predicted octanol–water partition coefficient (Wildman–Crippen LogP) is 2.08. The number of hydrogen-bond acceptors (Lipinski definition) is 4. The second-order valence-electron chi connectivity index (χ2n) is 5.61. The molecule has 0 spiro atoms. The van der Waals surface area contributed by atoms with Crippen LogP contribution in [-0.2, 0) is 14.8 Å². The second-order valence-corrected chi connectivity index (χ2v) is 7.48. The van der Waals surface area contributed by atoms with Crippen molar-refractivity contribution in [3.8, 4) is 0 Å². The van der Waals surface area contributed by atoms with E-state index in [9.17, 15) is 13.2 Å². The summed E-state index contributed by atoms with van der Waals surface area (Å²) < 4.78 is 27.3. The van der Waals surface area contributed by atoms with E-state index in [1.165, 1.54) is 4.31 Å². The van der Waals surface area contributed by atoms with Crippen LogP contribution >= 0.6 is 12.4 Å². The van der Waals surface area contributed by atoms with Crippen molar-refractivity contribution in [1.82, 2.24) is 5.32 Å². The molecule has 0 saturated carbocycles. The number of nitrogens with two attached hydrogens (primary N) is 1.